The zero-order chi connectivity index (χ0) is 14.8. The first-order valence-electron chi connectivity index (χ1n) is 6.24. The van der Waals surface area contributed by atoms with Crippen LogP contribution in [0.1, 0.15) is 49.2 Å². The Morgan fingerprint density at radius 3 is 2.32 bits per heavy atom. The van der Waals surface area contributed by atoms with Crippen LogP contribution in [-0.4, -0.2) is 23.5 Å². The second-order valence-electron chi connectivity index (χ2n) is 5.49. The van der Waals surface area contributed by atoms with E-state index in [9.17, 15) is 14.7 Å². The molecule has 0 aliphatic carbocycles. The van der Waals surface area contributed by atoms with Crippen LogP contribution in [0, 0.1) is 6.92 Å². The van der Waals surface area contributed by atoms with Crippen molar-refractivity contribution < 1.29 is 19.4 Å². The van der Waals surface area contributed by atoms with Crippen LogP contribution in [-0.2, 0) is 14.9 Å². The van der Waals surface area contributed by atoms with Crippen LogP contribution >= 0.6 is 0 Å². The molecule has 0 spiro atoms. The standard InChI is InChI=1S/C15H20O4/c1-6-19-14(18)13(17)10-7-9(2)12(16)11(8-10)15(3,4)5/h7-8,16H,6H2,1-5H3. The third-order valence-electron chi connectivity index (χ3n) is 2.83. The fourth-order valence-corrected chi connectivity index (χ4v) is 1.80. The molecule has 0 amide bonds. The number of Topliss-reactive ketones (excluding diaryl/α,β-unsaturated/α-hetero) is 1. The molecular formula is C15H20O4. The van der Waals surface area contributed by atoms with Crippen LogP contribution in [0.2, 0.25) is 0 Å². The summed E-state index contributed by atoms with van der Waals surface area (Å²) in [5.74, 6) is -1.39. The lowest BCUT2D eigenvalue weighted by Crippen LogP contribution is -2.19. The maximum absolute atomic E-state index is 11.9. The minimum Gasteiger partial charge on any atom is -0.507 e. The summed E-state index contributed by atoms with van der Waals surface area (Å²) in [6, 6.07) is 3.06. The van der Waals surface area contributed by atoms with Gasteiger partial charge in [0.25, 0.3) is 5.78 Å². The molecule has 0 saturated heterocycles. The summed E-state index contributed by atoms with van der Waals surface area (Å²) in [6.45, 7) is 9.30. The lowest BCUT2D eigenvalue weighted by atomic mass is 9.83. The largest absolute Gasteiger partial charge is 0.507 e. The summed E-state index contributed by atoms with van der Waals surface area (Å²) < 4.78 is 4.70. The number of aryl methyl sites for hydroxylation is 1. The number of hydrogen-bond donors (Lipinski definition) is 1. The van der Waals surface area contributed by atoms with Gasteiger partial charge >= 0.3 is 5.97 Å². The minimum absolute atomic E-state index is 0.160. The second-order valence-corrected chi connectivity index (χ2v) is 5.49. The third-order valence-corrected chi connectivity index (χ3v) is 2.83. The van der Waals surface area contributed by atoms with Crippen LogP contribution in [0.4, 0.5) is 0 Å². The summed E-state index contributed by atoms with van der Waals surface area (Å²) in [6.07, 6.45) is 0. The Labute approximate surface area is 113 Å². The lowest BCUT2D eigenvalue weighted by Gasteiger charge is -2.22. The van der Waals surface area contributed by atoms with Crippen LogP contribution in [0.5, 0.6) is 5.75 Å². The predicted octanol–water partition coefficient (Wildman–Crippen LogP) is 2.74. The van der Waals surface area contributed by atoms with Gasteiger partial charge in [-0.25, -0.2) is 4.79 Å². The van der Waals surface area contributed by atoms with Gasteiger partial charge in [-0.1, -0.05) is 20.8 Å². The Morgan fingerprint density at radius 1 is 1.26 bits per heavy atom. The van der Waals surface area contributed by atoms with E-state index in [0.29, 0.717) is 11.1 Å². The van der Waals surface area contributed by atoms with Crippen molar-refractivity contribution >= 4 is 11.8 Å². The predicted molar refractivity (Wildman–Crippen MR) is 72.5 cm³/mol. The number of carbonyl (C=O) groups excluding carboxylic acids is 2. The average Bonchev–Trinajstić information content (AvgIpc) is 2.30. The molecule has 1 aromatic carbocycles. The highest BCUT2D eigenvalue weighted by Crippen LogP contribution is 2.34. The van der Waals surface area contributed by atoms with E-state index in [1.807, 2.05) is 20.8 Å². The first-order chi connectivity index (χ1) is 8.68. The number of ether oxygens (including phenoxy) is 1. The van der Waals surface area contributed by atoms with Gasteiger partial charge in [-0.2, -0.15) is 0 Å². The second kappa shape index (κ2) is 5.43. The molecule has 0 radical (unpaired) electrons. The maximum Gasteiger partial charge on any atom is 0.379 e. The summed E-state index contributed by atoms with van der Waals surface area (Å²) in [4.78, 5) is 23.4. The number of aromatic hydroxyl groups is 1. The van der Waals surface area contributed by atoms with Gasteiger partial charge in [0.2, 0.25) is 0 Å². The summed E-state index contributed by atoms with van der Waals surface area (Å²) in [5.41, 5.74) is 1.14. The van der Waals surface area contributed by atoms with E-state index in [2.05, 4.69) is 0 Å². The Hall–Kier alpha value is -1.84. The molecule has 0 heterocycles. The zero-order valence-electron chi connectivity index (χ0n) is 12.0. The molecular weight excluding hydrogens is 244 g/mol. The van der Waals surface area contributed by atoms with Crippen LogP contribution in [0.15, 0.2) is 12.1 Å². The Balaban J connectivity index is 3.29. The number of rotatable bonds is 3. The molecule has 0 unspecified atom stereocenters. The Bertz CT molecular complexity index is 510. The van der Waals surface area contributed by atoms with E-state index in [4.69, 9.17) is 4.74 Å². The summed E-state index contributed by atoms with van der Waals surface area (Å²) in [7, 11) is 0. The van der Waals surface area contributed by atoms with Crippen LogP contribution in [0.3, 0.4) is 0 Å². The fraction of sp³-hybridized carbons (Fsp3) is 0.467. The SMILES string of the molecule is CCOC(=O)C(=O)c1cc(C)c(O)c(C(C)(C)C)c1. The van der Waals surface area contributed by atoms with Crippen molar-refractivity contribution in [2.75, 3.05) is 6.61 Å². The number of carbonyl (C=O) groups is 2. The van der Waals surface area contributed by atoms with E-state index in [1.165, 1.54) is 6.07 Å². The van der Waals surface area contributed by atoms with Crippen molar-refractivity contribution in [3.63, 3.8) is 0 Å². The quantitative estimate of drug-likeness (QED) is 0.518. The van der Waals surface area contributed by atoms with Gasteiger partial charge in [-0.05, 0) is 37.0 Å². The normalized spacial score (nSPS) is 11.2. The van der Waals surface area contributed by atoms with E-state index < -0.39 is 11.8 Å². The first-order valence-corrected chi connectivity index (χ1v) is 6.24. The Morgan fingerprint density at radius 2 is 1.84 bits per heavy atom. The first kappa shape index (κ1) is 15.2. The van der Waals surface area contributed by atoms with E-state index >= 15 is 0 Å². The zero-order valence-corrected chi connectivity index (χ0v) is 12.0. The molecule has 0 aliphatic heterocycles. The Kier molecular flexibility index (Phi) is 4.35. The number of phenolic OH excluding ortho intramolecular Hbond substituents is 1. The monoisotopic (exact) mass is 264 g/mol. The molecule has 0 fully saturated rings. The highest BCUT2D eigenvalue weighted by atomic mass is 16.5. The van der Waals surface area contributed by atoms with E-state index in [-0.39, 0.29) is 23.3 Å². The van der Waals surface area contributed by atoms with Gasteiger partial charge in [-0.3, -0.25) is 4.79 Å². The molecule has 0 bridgehead atoms. The van der Waals surface area contributed by atoms with Crippen molar-refractivity contribution in [2.45, 2.75) is 40.0 Å². The molecule has 104 valence electrons. The molecule has 0 aliphatic rings. The van der Waals surface area contributed by atoms with Crippen molar-refractivity contribution in [3.05, 3.63) is 28.8 Å². The highest BCUT2D eigenvalue weighted by molar-refractivity contribution is 6.40. The smallest absolute Gasteiger partial charge is 0.379 e. The number of ketones is 1. The van der Waals surface area contributed by atoms with Gasteiger partial charge in [0.15, 0.2) is 0 Å². The molecule has 0 atom stereocenters. The third kappa shape index (κ3) is 3.34. The summed E-state index contributed by atoms with van der Waals surface area (Å²) in [5, 5.41) is 10.1. The minimum atomic E-state index is -0.868. The molecule has 1 aromatic rings. The van der Waals surface area contributed by atoms with E-state index in [0.717, 1.165) is 0 Å². The fourth-order valence-electron chi connectivity index (χ4n) is 1.80. The van der Waals surface area contributed by atoms with Crippen molar-refractivity contribution in [1.29, 1.82) is 0 Å². The van der Waals surface area contributed by atoms with Gasteiger partial charge in [0.05, 0.1) is 6.61 Å². The summed E-state index contributed by atoms with van der Waals surface area (Å²) >= 11 is 0. The molecule has 0 saturated carbocycles. The van der Waals surface area contributed by atoms with Crippen molar-refractivity contribution in [2.24, 2.45) is 0 Å². The van der Waals surface area contributed by atoms with Gasteiger partial charge in [0.1, 0.15) is 5.75 Å². The molecule has 4 heteroatoms. The average molecular weight is 264 g/mol. The van der Waals surface area contributed by atoms with Gasteiger partial charge in [-0.15, -0.1) is 0 Å². The highest BCUT2D eigenvalue weighted by Gasteiger charge is 2.24. The lowest BCUT2D eigenvalue weighted by molar-refractivity contribution is -0.137. The van der Waals surface area contributed by atoms with Gasteiger partial charge in [0, 0.05) is 11.1 Å². The van der Waals surface area contributed by atoms with E-state index in [1.54, 1.807) is 19.9 Å². The molecule has 4 nitrogen and oxygen atoms in total. The molecule has 0 aromatic heterocycles. The van der Waals surface area contributed by atoms with Crippen LogP contribution in [0.25, 0.3) is 0 Å². The van der Waals surface area contributed by atoms with Crippen LogP contribution < -0.4 is 0 Å². The van der Waals surface area contributed by atoms with Crippen molar-refractivity contribution in [1.82, 2.24) is 0 Å². The number of hydrogen-bond acceptors (Lipinski definition) is 4. The number of esters is 1. The van der Waals surface area contributed by atoms with Crippen molar-refractivity contribution in [3.8, 4) is 5.75 Å². The van der Waals surface area contributed by atoms with Gasteiger partial charge < -0.3 is 9.84 Å². The number of phenols is 1. The number of benzene rings is 1. The molecule has 19 heavy (non-hydrogen) atoms. The topological polar surface area (TPSA) is 63.6 Å². The molecule has 1 rings (SSSR count). The maximum atomic E-state index is 11.9. The molecule has 1 N–H and O–H groups in total.